The Morgan fingerprint density at radius 3 is 2.04 bits per heavy atom. The van der Waals surface area contributed by atoms with Gasteiger partial charge < -0.3 is 0 Å². The number of unbranched alkanes of at least 4 members (excludes halogenated alkanes) is 3. The van der Waals surface area contributed by atoms with Crippen LogP contribution in [0.15, 0.2) is 59.5 Å². The van der Waals surface area contributed by atoms with Crippen LogP contribution in [0.1, 0.15) is 32.6 Å². The first-order valence-electron chi connectivity index (χ1n) is 8.17. The Morgan fingerprint density at radius 2 is 1.43 bits per heavy atom. The number of nitrogens with zero attached hydrogens (tertiary/aromatic N) is 1. The van der Waals surface area contributed by atoms with Gasteiger partial charge in [-0.3, -0.25) is 0 Å². The topological polar surface area (TPSA) is 37.4 Å². The van der Waals surface area contributed by atoms with Crippen molar-refractivity contribution in [1.82, 2.24) is 4.31 Å². The molecule has 0 amide bonds. The van der Waals surface area contributed by atoms with E-state index in [4.69, 9.17) is 0 Å². The highest BCUT2D eigenvalue weighted by Gasteiger charge is 2.20. The van der Waals surface area contributed by atoms with Gasteiger partial charge in [-0.2, -0.15) is 0 Å². The van der Waals surface area contributed by atoms with E-state index in [1.807, 2.05) is 42.5 Å². The van der Waals surface area contributed by atoms with Gasteiger partial charge in [-0.15, -0.1) is 0 Å². The Bertz CT molecular complexity index is 694. The van der Waals surface area contributed by atoms with Gasteiger partial charge in [-0.1, -0.05) is 68.7 Å². The molecule has 3 nitrogen and oxygen atoms in total. The first-order chi connectivity index (χ1) is 11.1. The molecule has 0 heterocycles. The number of sulfonamides is 1. The van der Waals surface area contributed by atoms with E-state index in [-0.39, 0.29) is 0 Å². The third-order valence-electron chi connectivity index (χ3n) is 4.00. The van der Waals surface area contributed by atoms with Gasteiger partial charge in [-0.25, -0.2) is 12.7 Å². The molecule has 0 unspecified atom stereocenters. The highest BCUT2D eigenvalue weighted by molar-refractivity contribution is 7.89. The molecular formula is C19H25NO2S. The quantitative estimate of drug-likeness (QED) is 0.665. The molecule has 0 atom stereocenters. The molecule has 0 aromatic heterocycles. The molecule has 0 radical (unpaired) electrons. The van der Waals surface area contributed by atoms with Crippen molar-refractivity contribution in [2.45, 2.75) is 37.5 Å². The lowest BCUT2D eigenvalue weighted by Gasteiger charge is -2.17. The molecule has 0 N–H and O–H groups in total. The molecule has 0 spiro atoms. The van der Waals surface area contributed by atoms with Crippen molar-refractivity contribution in [3.8, 4) is 11.1 Å². The number of rotatable bonds is 8. The minimum atomic E-state index is -3.39. The first-order valence-corrected chi connectivity index (χ1v) is 9.61. The average molecular weight is 331 g/mol. The Balaban J connectivity index is 2.08. The second-order valence-corrected chi connectivity index (χ2v) is 7.82. The zero-order valence-corrected chi connectivity index (χ0v) is 14.7. The van der Waals surface area contributed by atoms with Gasteiger partial charge in [0.15, 0.2) is 0 Å². The van der Waals surface area contributed by atoms with E-state index in [0.717, 1.165) is 36.8 Å². The summed E-state index contributed by atoms with van der Waals surface area (Å²) < 4.78 is 26.6. The molecule has 4 heteroatoms. The highest BCUT2D eigenvalue weighted by Crippen LogP contribution is 2.22. The van der Waals surface area contributed by atoms with Crippen molar-refractivity contribution < 1.29 is 8.42 Å². The van der Waals surface area contributed by atoms with Crippen molar-refractivity contribution >= 4 is 10.0 Å². The van der Waals surface area contributed by atoms with Crippen molar-refractivity contribution in [3.63, 3.8) is 0 Å². The monoisotopic (exact) mass is 331 g/mol. The van der Waals surface area contributed by atoms with Crippen LogP contribution < -0.4 is 0 Å². The maximum Gasteiger partial charge on any atom is 0.242 e. The summed E-state index contributed by atoms with van der Waals surface area (Å²) >= 11 is 0. The Labute approximate surface area is 140 Å². The molecule has 124 valence electrons. The summed E-state index contributed by atoms with van der Waals surface area (Å²) in [6.45, 7) is 2.72. The smallest absolute Gasteiger partial charge is 0.207 e. The molecule has 0 fully saturated rings. The zero-order chi connectivity index (χ0) is 16.7. The predicted octanol–water partition coefficient (Wildman–Crippen LogP) is 4.55. The van der Waals surface area contributed by atoms with Crippen LogP contribution in [-0.4, -0.2) is 26.3 Å². The first kappa shape index (κ1) is 17.7. The third-order valence-corrected chi connectivity index (χ3v) is 5.87. The van der Waals surface area contributed by atoms with Gasteiger partial charge >= 0.3 is 0 Å². The summed E-state index contributed by atoms with van der Waals surface area (Å²) in [5, 5.41) is 0. The van der Waals surface area contributed by atoms with Gasteiger partial charge in [0, 0.05) is 13.6 Å². The van der Waals surface area contributed by atoms with Crippen LogP contribution >= 0.6 is 0 Å². The predicted molar refractivity (Wildman–Crippen MR) is 95.8 cm³/mol. The summed E-state index contributed by atoms with van der Waals surface area (Å²) in [5.74, 6) is 0. The largest absolute Gasteiger partial charge is 0.242 e. The van der Waals surface area contributed by atoms with E-state index in [1.165, 1.54) is 4.31 Å². The Kier molecular flexibility index (Phi) is 6.37. The fourth-order valence-electron chi connectivity index (χ4n) is 2.51. The van der Waals surface area contributed by atoms with Gasteiger partial charge in [0.2, 0.25) is 10.0 Å². The maximum absolute atomic E-state index is 12.6. The van der Waals surface area contributed by atoms with Crippen LogP contribution in [0.2, 0.25) is 0 Å². The van der Waals surface area contributed by atoms with E-state index >= 15 is 0 Å². The molecule has 2 aromatic carbocycles. The summed E-state index contributed by atoms with van der Waals surface area (Å²) in [5.41, 5.74) is 2.11. The summed E-state index contributed by atoms with van der Waals surface area (Å²) in [6.07, 6.45) is 4.28. The summed E-state index contributed by atoms with van der Waals surface area (Å²) in [4.78, 5) is 0.357. The van der Waals surface area contributed by atoms with Crippen LogP contribution in [0.25, 0.3) is 11.1 Å². The molecule has 23 heavy (non-hydrogen) atoms. The van der Waals surface area contributed by atoms with Crippen molar-refractivity contribution in [3.05, 3.63) is 54.6 Å². The zero-order valence-electron chi connectivity index (χ0n) is 13.9. The normalized spacial score (nSPS) is 11.8. The summed E-state index contributed by atoms with van der Waals surface area (Å²) in [6, 6.07) is 17.1. The van der Waals surface area contributed by atoms with Gasteiger partial charge in [0.25, 0.3) is 0 Å². The molecule has 0 aliphatic carbocycles. The third kappa shape index (κ3) is 4.66. The molecule has 0 aliphatic rings. The van der Waals surface area contributed by atoms with Gasteiger partial charge in [-0.05, 0) is 29.7 Å². The van der Waals surface area contributed by atoms with Crippen molar-refractivity contribution in [1.29, 1.82) is 0 Å². The van der Waals surface area contributed by atoms with Crippen LogP contribution in [0.4, 0.5) is 0 Å². The molecule has 0 saturated carbocycles. The van der Waals surface area contributed by atoms with E-state index in [9.17, 15) is 8.42 Å². The van der Waals surface area contributed by atoms with Crippen molar-refractivity contribution in [2.24, 2.45) is 0 Å². The molecule has 0 aliphatic heterocycles. The number of hydrogen-bond donors (Lipinski definition) is 0. The van der Waals surface area contributed by atoms with Crippen LogP contribution in [0.3, 0.4) is 0 Å². The minimum Gasteiger partial charge on any atom is -0.207 e. The van der Waals surface area contributed by atoms with Gasteiger partial charge in [0.1, 0.15) is 0 Å². The second-order valence-electron chi connectivity index (χ2n) is 5.78. The SMILES string of the molecule is CCCCCCN(C)S(=O)(=O)c1ccc(-c2ccccc2)cc1. The lowest BCUT2D eigenvalue weighted by atomic mass is 10.1. The van der Waals surface area contributed by atoms with Crippen LogP contribution in [0, 0.1) is 0 Å². The standard InChI is InChI=1S/C19H25NO2S/c1-3-4-5-9-16-20(2)23(21,22)19-14-12-18(13-15-19)17-10-7-6-8-11-17/h6-8,10-15H,3-5,9,16H2,1-2H3. The van der Waals surface area contributed by atoms with Crippen LogP contribution in [0.5, 0.6) is 0 Å². The average Bonchev–Trinajstić information content (AvgIpc) is 2.59. The van der Waals surface area contributed by atoms with Gasteiger partial charge in [0.05, 0.1) is 4.90 Å². The second kappa shape index (κ2) is 8.27. The summed E-state index contributed by atoms with van der Waals surface area (Å²) in [7, 11) is -1.73. The highest BCUT2D eigenvalue weighted by atomic mass is 32.2. The molecular weight excluding hydrogens is 306 g/mol. The fourth-order valence-corrected chi connectivity index (χ4v) is 3.72. The lowest BCUT2D eigenvalue weighted by Crippen LogP contribution is -2.27. The number of benzene rings is 2. The molecule has 2 aromatic rings. The maximum atomic E-state index is 12.6. The molecule has 0 bridgehead atoms. The van der Waals surface area contributed by atoms with Crippen LogP contribution in [-0.2, 0) is 10.0 Å². The Morgan fingerprint density at radius 1 is 0.826 bits per heavy atom. The lowest BCUT2D eigenvalue weighted by molar-refractivity contribution is 0.451. The Hall–Kier alpha value is -1.65. The molecule has 2 rings (SSSR count). The molecule has 0 saturated heterocycles. The van der Waals surface area contributed by atoms with E-state index in [2.05, 4.69) is 6.92 Å². The van der Waals surface area contributed by atoms with E-state index in [0.29, 0.717) is 11.4 Å². The van der Waals surface area contributed by atoms with Crippen molar-refractivity contribution in [2.75, 3.05) is 13.6 Å². The number of hydrogen-bond acceptors (Lipinski definition) is 2. The minimum absolute atomic E-state index is 0.357. The van der Waals surface area contributed by atoms with E-state index in [1.54, 1.807) is 19.2 Å². The van der Waals surface area contributed by atoms with E-state index < -0.39 is 10.0 Å². The fraction of sp³-hybridized carbons (Fsp3) is 0.368.